The molecular formula is C29H37FN8O2S. The Kier molecular flexibility index (Phi) is 10.7. The Bertz CT molecular complexity index is 1420. The van der Waals surface area contributed by atoms with Gasteiger partial charge in [-0.15, -0.1) is 11.3 Å². The first-order valence-corrected chi connectivity index (χ1v) is 14.8. The molecule has 0 radical (unpaired) electrons. The van der Waals surface area contributed by atoms with Crippen LogP contribution in [0.5, 0.6) is 0 Å². The number of hydrogen-bond donors (Lipinski definition) is 2. The van der Waals surface area contributed by atoms with Crippen LogP contribution in [0, 0.1) is 0 Å². The number of anilines is 1. The van der Waals surface area contributed by atoms with E-state index in [1.807, 2.05) is 35.8 Å². The zero-order valence-electron chi connectivity index (χ0n) is 23.7. The number of likely N-dealkylation sites (N-methyl/N-ethyl adjacent to an activating group) is 1. The summed E-state index contributed by atoms with van der Waals surface area (Å²) in [6.45, 7) is 10.5. The summed E-state index contributed by atoms with van der Waals surface area (Å²) in [7, 11) is 0. The van der Waals surface area contributed by atoms with Crippen LogP contribution >= 0.6 is 11.3 Å². The predicted molar refractivity (Wildman–Crippen MR) is 161 cm³/mol. The fourth-order valence-corrected chi connectivity index (χ4v) is 5.23. The van der Waals surface area contributed by atoms with Gasteiger partial charge in [0.1, 0.15) is 12.5 Å². The molecule has 0 aromatic carbocycles. The minimum atomic E-state index is -0.487. The van der Waals surface area contributed by atoms with Crippen LogP contribution in [0.1, 0.15) is 37.6 Å². The van der Waals surface area contributed by atoms with Crippen molar-refractivity contribution >= 4 is 35.1 Å². The number of halogens is 1. The number of nitrogens with zero attached hydrogens (tertiary/aromatic N) is 6. The molecule has 4 aromatic heterocycles. The van der Waals surface area contributed by atoms with Crippen LogP contribution in [-0.4, -0.2) is 88.8 Å². The van der Waals surface area contributed by atoms with E-state index in [9.17, 15) is 14.0 Å². The molecule has 5 heterocycles. The molecule has 12 heteroatoms. The molecule has 1 unspecified atom stereocenters. The largest absolute Gasteiger partial charge is 0.356 e. The highest BCUT2D eigenvalue weighted by molar-refractivity contribution is 7.13. The van der Waals surface area contributed by atoms with E-state index in [-0.39, 0.29) is 18.5 Å². The second-order valence-corrected chi connectivity index (χ2v) is 10.5. The van der Waals surface area contributed by atoms with Gasteiger partial charge < -0.3 is 15.5 Å². The van der Waals surface area contributed by atoms with Crippen molar-refractivity contribution in [2.45, 2.75) is 33.2 Å². The lowest BCUT2D eigenvalue weighted by atomic mass is 10.1. The van der Waals surface area contributed by atoms with E-state index in [1.165, 1.54) is 0 Å². The number of alkyl halides is 1. The van der Waals surface area contributed by atoms with Crippen molar-refractivity contribution in [1.82, 2.24) is 35.1 Å². The van der Waals surface area contributed by atoms with Crippen LogP contribution in [0.3, 0.4) is 0 Å². The van der Waals surface area contributed by atoms with E-state index in [4.69, 9.17) is 9.97 Å². The smallest absolute Gasteiger partial charge is 0.251 e. The SMILES string of the molecule is CCN(CC)C(C)CNC(=O)c1cc(-c2cnn3ccc(-c4cccs4)nc23)nc(N2CCC2)c1.O=CNCCF. The molecule has 5 rings (SSSR count). The number of thiophene rings is 1. The maximum atomic E-state index is 13.2. The van der Waals surface area contributed by atoms with Gasteiger partial charge in [0.25, 0.3) is 5.91 Å². The third-order valence-electron chi connectivity index (χ3n) is 6.99. The summed E-state index contributed by atoms with van der Waals surface area (Å²) in [5.74, 6) is 0.739. The molecule has 0 bridgehead atoms. The second kappa shape index (κ2) is 14.6. The second-order valence-electron chi connectivity index (χ2n) is 9.60. The zero-order chi connectivity index (χ0) is 29.2. The van der Waals surface area contributed by atoms with Gasteiger partial charge >= 0.3 is 0 Å². The Morgan fingerprint density at radius 3 is 2.61 bits per heavy atom. The van der Waals surface area contributed by atoms with E-state index in [2.05, 4.69) is 52.4 Å². The Morgan fingerprint density at radius 1 is 1.20 bits per heavy atom. The molecule has 1 aliphatic heterocycles. The van der Waals surface area contributed by atoms with Gasteiger partial charge in [-0.1, -0.05) is 19.9 Å². The summed E-state index contributed by atoms with van der Waals surface area (Å²) < 4.78 is 12.7. The fourth-order valence-electron chi connectivity index (χ4n) is 4.54. The lowest BCUT2D eigenvalue weighted by Crippen LogP contribution is -2.42. The monoisotopic (exact) mass is 580 g/mol. The van der Waals surface area contributed by atoms with Crippen LogP contribution in [0.4, 0.5) is 10.2 Å². The number of hydrogen-bond acceptors (Lipinski definition) is 8. The lowest BCUT2D eigenvalue weighted by molar-refractivity contribution is -0.109. The molecule has 2 N–H and O–H groups in total. The van der Waals surface area contributed by atoms with E-state index in [1.54, 1.807) is 22.0 Å². The van der Waals surface area contributed by atoms with Gasteiger partial charge in [0.05, 0.1) is 28.0 Å². The van der Waals surface area contributed by atoms with Gasteiger partial charge in [0.2, 0.25) is 6.41 Å². The molecule has 1 aliphatic rings. The summed E-state index contributed by atoms with van der Waals surface area (Å²) in [5, 5.41) is 11.8. The molecule has 2 amide bonds. The molecule has 1 fully saturated rings. The summed E-state index contributed by atoms with van der Waals surface area (Å²) in [6.07, 6.45) is 5.31. The minimum absolute atomic E-state index is 0.0851. The van der Waals surface area contributed by atoms with Crippen LogP contribution in [0.15, 0.2) is 48.1 Å². The molecule has 10 nitrogen and oxygen atoms in total. The lowest BCUT2D eigenvalue weighted by Gasteiger charge is -2.32. The number of rotatable bonds is 12. The number of fused-ring (bicyclic) bond motifs is 1. The number of carbonyl (C=O) groups is 2. The number of amides is 2. The molecule has 0 spiro atoms. The molecule has 1 saturated heterocycles. The first kappa shape index (κ1) is 30.1. The van der Waals surface area contributed by atoms with Gasteiger partial charge in [-0.2, -0.15) is 5.10 Å². The average Bonchev–Trinajstić information content (AvgIpc) is 3.65. The minimum Gasteiger partial charge on any atom is -0.356 e. The molecule has 0 aliphatic carbocycles. The van der Waals surface area contributed by atoms with Crippen LogP contribution in [0.2, 0.25) is 0 Å². The van der Waals surface area contributed by atoms with Crippen LogP contribution in [0.25, 0.3) is 27.5 Å². The molecule has 0 saturated carbocycles. The van der Waals surface area contributed by atoms with Gasteiger partial charge in [-0.25, -0.2) is 18.9 Å². The Morgan fingerprint density at radius 2 is 2.00 bits per heavy atom. The van der Waals surface area contributed by atoms with Gasteiger partial charge in [0.15, 0.2) is 5.65 Å². The Labute approximate surface area is 243 Å². The molecule has 41 heavy (non-hydrogen) atoms. The van der Waals surface area contributed by atoms with E-state index >= 15 is 0 Å². The van der Waals surface area contributed by atoms with Crippen molar-refractivity contribution in [1.29, 1.82) is 0 Å². The Hall–Kier alpha value is -3.90. The quantitative estimate of drug-likeness (QED) is 0.193. The van der Waals surface area contributed by atoms with E-state index in [0.29, 0.717) is 24.2 Å². The zero-order valence-corrected chi connectivity index (χ0v) is 24.5. The van der Waals surface area contributed by atoms with Crippen molar-refractivity contribution < 1.29 is 14.0 Å². The van der Waals surface area contributed by atoms with Gasteiger partial charge in [-0.05, 0) is 56.1 Å². The fraction of sp³-hybridized carbons (Fsp3) is 0.414. The van der Waals surface area contributed by atoms with Crippen LogP contribution in [-0.2, 0) is 4.79 Å². The molecule has 4 aromatic rings. The van der Waals surface area contributed by atoms with Gasteiger partial charge in [0, 0.05) is 44.0 Å². The number of pyridine rings is 1. The standard InChI is InChI=1S/C26H31N7OS.C3H6FNO/c1-4-31(5-2)18(3)16-27-26(34)19-14-22(29-24(15-19)32-10-7-11-32)20-17-28-33-12-9-21(30-25(20)33)23-8-6-13-35-23;4-1-2-5-3-6/h6,8-9,12-15,17-18H,4-5,7,10-11,16H2,1-3H3,(H,27,34);3H,1-2H2,(H,5,6). The predicted octanol–water partition coefficient (Wildman–Crippen LogP) is 3.89. The highest BCUT2D eigenvalue weighted by atomic mass is 32.1. The third-order valence-corrected chi connectivity index (χ3v) is 7.88. The first-order chi connectivity index (χ1) is 20.0. The van der Waals surface area contributed by atoms with Crippen molar-refractivity contribution in [3.8, 4) is 21.8 Å². The Balaban J connectivity index is 0.000000585. The summed E-state index contributed by atoms with van der Waals surface area (Å²) in [5.41, 5.74) is 3.76. The summed E-state index contributed by atoms with van der Waals surface area (Å²) in [6, 6.07) is 10.1. The van der Waals surface area contributed by atoms with Crippen molar-refractivity contribution in [3.05, 3.63) is 53.7 Å². The molecule has 218 valence electrons. The van der Waals surface area contributed by atoms with E-state index in [0.717, 1.165) is 60.2 Å². The van der Waals surface area contributed by atoms with Crippen molar-refractivity contribution in [3.63, 3.8) is 0 Å². The number of aromatic nitrogens is 4. The summed E-state index contributed by atoms with van der Waals surface area (Å²) >= 11 is 1.65. The van der Waals surface area contributed by atoms with Crippen molar-refractivity contribution in [2.75, 3.05) is 50.8 Å². The van der Waals surface area contributed by atoms with E-state index < -0.39 is 6.67 Å². The highest BCUT2D eigenvalue weighted by Crippen LogP contribution is 2.30. The van der Waals surface area contributed by atoms with Crippen molar-refractivity contribution in [2.24, 2.45) is 0 Å². The number of carbonyl (C=O) groups excluding carboxylic acids is 2. The maximum absolute atomic E-state index is 13.2. The number of nitrogens with one attached hydrogen (secondary N) is 2. The van der Waals surface area contributed by atoms with Gasteiger partial charge in [-0.3, -0.25) is 14.5 Å². The molecular weight excluding hydrogens is 543 g/mol. The average molecular weight is 581 g/mol. The third kappa shape index (κ3) is 7.44. The topological polar surface area (TPSA) is 108 Å². The van der Waals surface area contributed by atoms with Crippen LogP contribution < -0.4 is 15.5 Å². The highest BCUT2D eigenvalue weighted by Gasteiger charge is 2.22. The summed E-state index contributed by atoms with van der Waals surface area (Å²) in [4.78, 5) is 37.9. The first-order valence-electron chi connectivity index (χ1n) is 13.9. The molecule has 1 atom stereocenters. The maximum Gasteiger partial charge on any atom is 0.251 e. The normalized spacial score (nSPS) is 13.3.